The molecular formula is C15H19NO6. The number of hydrogen-bond acceptors (Lipinski definition) is 6. The Kier molecular flexibility index (Phi) is 6.37. The molecule has 1 aromatic carbocycles. The Morgan fingerprint density at radius 2 is 1.73 bits per heavy atom. The Bertz CT molecular complexity index is 539. The van der Waals surface area contributed by atoms with Gasteiger partial charge in [0.05, 0.1) is 20.6 Å². The number of benzene rings is 1. The number of esters is 2. The highest BCUT2D eigenvalue weighted by atomic mass is 16.5. The Morgan fingerprint density at radius 3 is 2.23 bits per heavy atom. The molecule has 22 heavy (non-hydrogen) atoms. The van der Waals surface area contributed by atoms with Crippen molar-refractivity contribution in [2.24, 2.45) is 5.92 Å². The van der Waals surface area contributed by atoms with E-state index in [4.69, 9.17) is 0 Å². The van der Waals surface area contributed by atoms with Crippen molar-refractivity contribution in [2.45, 2.75) is 19.4 Å². The van der Waals surface area contributed by atoms with Gasteiger partial charge in [-0.1, -0.05) is 6.92 Å². The number of phenols is 1. The second-order valence-corrected chi connectivity index (χ2v) is 4.78. The van der Waals surface area contributed by atoms with Crippen molar-refractivity contribution >= 4 is 17.8 Å². The van der Waals surface area contributed by atoms with Crippen LogP contribution >= 0.6 is 0 Å². The van der Waals surface area contributed by atoms with Crippen LogP contribution in [0.2, 0.25) is 0 Å². The quantitative estimate of drug-likeness (QED) is 0.756. The van der Waals surface area contributed by atoms with Gasteiger partial charge in [-0.2, -0.15) is 0 Å². The van der Waals surface area contributed by atoms with E-state index in [0.717, 1.165) is 0 Å². The summed E-state index contributed by atoms with van der Waals surface area (Å²) in [4.78, 5) is 35.3. The third-order valence-corrected chi connectivity index (χ3v) is 3.16. The van der Waals surface area contributed by atoms with Crippen molar-refractivity contribution in [3.8, 4) is 5.75 Å². The molecule has 0 unspecified atom stereocenters. The monoisotopic (exact) mass is 309 g/mol. The molecule has 0 aromatic heterocycles. The lowest BCUT2D eigenvalue weighted by Crippen LogP contribution is -2.46. The summed E-state index contributed by atoms with van der Waals surface area (Å²) in [6.07, 6.45) is -0.0356. The van der Waals surface area contributed by atoms with E-state index < -0.39 is 29.8 Å². The summed E-state index contributed by atoms with van der Waals surface area (Å²) in [5.74, 6) is -2.11. The van der Waals surface area contributed by atoms with Gasteiger partial charge in [-0.3, -0.25) is 9.59 Å². The first-order valence-electron chi connectivity index (χ1n) is 6.63. The lowest BCUT2D eigenvalue weighted by Gasteiger charge is -2.22. The van der Waals surface area contributed by atoms with Gasteiger partial charge in [-0.15, -0.1) is 0 Å². The maximum absolute atomic E-state index is 12.1. The summed E-state index contributed by atoms with van der Waals surface area (Å²) in [6.45, 7) is 1.63. The van der Waals surface area contributed by atoms with Crippen LogP contribution in [-0.4, -0.2) is 43.2 Å². The van der Waals surface area contributed by atoms with Crippen molar-refractivity contribution in [3.05, 3.63) is 29.8 Å². The second-order valence-electron chi connectivity index (χ2n) is 4.78. The van der Waals surface area contributed by atoms with Crippen molar-refractivity contribution < 1.29 is 29.0 Å². The zero-order chi connectivity index (χ0) is 16.7. The highest BCUT2D eigenvalue weighted by molar-refractivity contribution is 5.97. The first-order valence-corrected chi connectivity index (χ1v) is 6.63. The summed E-state index contributed by atoms with van der Waals surface area (Å²) >= 11 is 0. The molecule has 7 nitrogen and oxygen atoms in total. The van der Waals surface area contributed by atoms with Crippen LogP contribution in [0.4, 0.5) is 0 Å². The van der Waals surface area contributed by atoms with Gasteiger partial charge in [0.1, 0.15) is 11.8 Å². The number of carbonyl (C=O) groups is 3. The molecule has 0 radical (unpaired) electrons. The zero-order valence-corrected chi connectivity index (χ0v) is 12.7. The van der Waals surface area contributed by atoms with Gasteiger partial charge in [-0.05, 0) is 30.2 Å². The third kappa shape index (κ3) is 4.76. The van der Waals surface area contributed by atoms with Crippen molar-refractivity contribution in [3.63, 3.8) is 0 Å². The fourth-order valence-electron chi connectivity index (χ4n) is 1.86. The summed E-state index contributed by atoms with van der Waals surface area (Å²) in [5, 5.41) is 11.7. The zero-order valence-electron chi connectivity index (χ0n) is 12.7. The molecular weight excluding hydrogens is 290 g/mol. The maximum atomic E-state index is 12.1. The Labute approximate surface area is 128 Å². The van der Waals surface area contributed by atoms with E-state index in [9.17, 15) is 19.5 Å². The fourth-order valence-corrected chi connectivity index (χ4v) is 1.86. The predicted octanol–water partition coefficient (Wildman–Crippen LogP) is 0.863. The molecule has 0 heterocycles. The number of methoxy groups -OCH3 is 2. The fraction of sp³-hybridized carbons (Fsp3) is 0.400. The molecule has 0 aliphatic rings. The minimum Gasteiger partial charge on any atom is -0.508 e. The topological polar surface area (TPSA) is 102 Å². The minimum absolute atomic E-state index is 0.0279. The SMILES string of the molecule is COC(=O)C[C@@H](C)[C@@H](NC(=O)c1ccc(O)cc1)C(=O)OC. The molecule has 0 aliphatic heterocycles. The Morgan fingerprint density at radius 1 is 1.14 bits per heavy atom. The van der Waals surface area contributed by atoms with Gasteiger partial charge >= 0.3 is 11.9 Å². The summed E-state index contributed by atoms with van der Waals surface area (Å²) in [7, 11) is 2.45. The second kappa shape index (κ2) is 8.02. The summed E-state index contributed by atoms with van der Waals surface area (Å²) in [5.41, 5.74) is 0.275. The number of ether oxygens (including phenoxy) is 2. The number of phenolic OH excluding ortho intramolecular Hbond substituents is 1. The van der Waals surface area contributed by atoms with Gasteiger partial charge in [0.25, 0.3) is 5.91 Å². The van der Waals surface area contributed by atoms with Crippen LogP contribution in [0, 0.1) is 5.92 Å². The molecule has 2 atom stereocenters. The van der Waals surface area contributed by atoms with Crippen LogP contribution in [0.1, 0.15) is 23.7 Å². The molecule has 120 valence electrons. The van der Waals surface area contributed by atoms with Crippen molar-refractivity contribution in [1.82, 2.24) is 5.32 Å². The van der Waals surface area contributed by atoms with E-state index in [1.165, 1.54) is 38.5 Å². The average Bonchev–Trinajstić information content (AvgIpc) is 2.51. The number of hydrogen-bond donors (Lipinski definition) is 2. The number of carbonyl (C=O) groups excluding carboxylic acids is 3. The smallest absolute Gasteiger partial charge is 0.328 e. The van der Waals surface area contributed by atoms with Gasteiger partial charge in [0.2, 0.25) is 0 Å². The summed E-state index contributed by atoms with van der Waals surface area (Å²) < 4.78 is 9.21. The highest BCUT2D eigenvalue weighted by Crippen LogP contribution is 2.14. The molecule has 1 amide bonds. The van der Waals surface area contributed by atoms with E-state index in [-0.39, 0.29) is 17.7 Å². The van der Waals surface area contributed by atoms with Crippen LogP contribution in [-0.2, 0) is 19.1 Å². The van der Waals surface area contributed by atoms with Crippen molar-refractivity contribution in [2.75, 3.05) is 14.2 Å². The first kappa shape index (κ1) is 17.5. The van der Waals surface area contributed by atoms with E-state index in [0.29, 0.717) is 0 Å². The standard InChI is InChI=1S/C15H19NO6/c1-9(8-12(18)21-2)13(15(20)22-3)16-14(19)10-4-6-11(17)7-5-10/h4-7,9,13,17H,8H2,1-3H3,(H,16,19)/t9-,13-/m1/s1. The van der Waals surface area contributed by atoms with Gasteiger partial charge in [-0.25, -0.2) is 4.79 Å². The molecule has 0 spiro atoms. The molecule has 0 saturated carbocycles. The Hall–Kier alpha value is -2.57. The molecule has 2 N–H and O–H groups in total. The van der Waals surface area contributed by atoms with Crippen LogP contribution < -0.4 is 5.32 Å². The molecule has 0 aliphatic carbocycles. The van der Waals surface area contributed by atoms with Crippen LogP contribution in [0.25, 0.3) is 0 Å². The third-order valence-electron chi connectivity index (χ3n) is 3.16. The van der Waals surface area contributed by atoms with E-state index in [2.05, 4.69) is 14.8 Å². The van der Waals surface area contributed by atoms with Crippen LogP contribution in [0.5, 0.6) is 5.75 Å². The maximum Gasteiger partial charge on any atom is 0.328 e. The molecule has 0 saturated heterocycles. The van der Waals surface area contributed by atoms with Gasteiger partial charge in [0.15, 0.2) is 0 Å². The van der Waals surface area contributed by atoms with Crippen LogP contribution in [0.15, 0.2) is 24.3 Å². The largest absolute Gasteiger partial charge is 0.508 e. The number of aromatic hydroxyl groups is 1. The van der Waals surface area contributed by atoms with E-state index in [1.54, 1.807) is 6.92 Å². The molecule has 7 heteroatoms. The number of rotatable bonds is 6. The van der Waals surface area contributed by atoms with Crippen LogP contribution in [0.3, 0.4) is 0 Å². The molecule has 1 rings (SSSR count). The number of nitrogens with one attached hydrogen (secondary N) is 1. The number of amides is 1. The normalized spacial score (nSPS) is 12.9. The Balaban J connectivity index is 2.84. The molecule has 1 aromatic rings. The van der Waals surface area contributed by atoms with Gasteiger partial charge in [0, 0.05) is 5.56 Å². The summed E-state index contributed by atoms with van der Waals surface area (Å²) in [6, 6.07) is 4.58. The van der Waals surface area contributed by atoms with Crippen molar-refractivity contribution in [1.29, 1.82) is 0 Å². The van der Waals surface area contributed by atoms with E-state index >= 15 is 0 Å². The van der Waals surface area contributed by atoms with Gasteiger partial charge < -0.3 is 19.9 Å². The predicted molar refractivity (Wildman–Crippen MR) is 77.2 cm³/mol. The first-order chi connectivity index (χ1) is 10.4. The van der Waals surface area contributed by atoms with E-state index in [1.807, 2.05) is 0 Å². The lowest BCUT2D eigenvalue weighted by molar-refractivity contribution is -0.146. The highest BCUT2D eigenvalue weighted by Gasteiger charge is 2.29. The lowest BCUT2D eigenvalue weighted by atomic mass is 9.98. The average molecular weight is 309 g/mol. The molecule has 0 fully saturated rings. The minimum atomic E-state index is -0.981. The molecule has 0 bridgehead atoms.